The van der Waals surface area contributed by atoms with E-state index in [2.05, 4.69) is 42.5 Å². The van der Waals surface area contributed by atoms with Gasteiger partial charge in [-0.25, -0.2) is 4.79 Å². The quantitative estimate of drug-likeness (QED) is 0.0828. The topological polar surface area (TPSA) is 411 Å². The van der Waals surface area contributed by atoms with Crippen molar-refractivity contribution in [3.8, 4) is 80.1 Å². The van der Waals surface area contributed by atoms with Crippen molar-refractivity contribution < 1.29 is 93.0 Å². The Morgan fingerprint density at radius 1 is 0.515 bits per heavy atom. The number of aliphatic hydroxyl groups is 1. The minimum Gasteiger partial charge on any atom is -0.508 e. The summed E-state index contributed by atoms with van der Waals surface area (Å²) in [7, 11) is 1.22. The van der Waals surface area contributed by atoms with E-state index in [9.17, 15) is 50.1 Å². The molecule has 0 unspecified atom stereocenters. The summed E-state index contributed by atoms with van der Waals surface area (Å²) < 4.78 is 25.0. The van der Waals surface area contributed by atoms with Gasteiger partial charge in [0, 0.05) is 36.7 Å². The van der Waals surface area contributed by atoms with Gasteiger partial charge in [-0.3, -0.25) is 33.6 Å². The maximum atomic E-state index is 16.0. The van der Waals surface area contributed by atoms with E-state index >= 15 is 24.0 Å². The zero-order chi connectivity index (χ0) is 69.6. The van der Waals surface area contributed by atoms with Gasteiger partial charge >= 0.3 is 6.09 Å². The Labute approximate surface area is 571 Å². The van der Waals surface area contributed by atoms with E-state index in [1.807, 2.05) is 0 Å². The Kier molecular flexibility index (Phi) is 16.9. The Morgan fingerprint density at radius 3 is 1.77 bits per heavy atom. The van der Waals surface area contributed by atoms with Gasteiger partial charge in [0.05, 0.1) is 10.0 Å². The molecule has 15 N–H and O–H groups in total. The third-order valence-corrected chi connectivity index (χ3v) is 19.9. The van der Waals surface area contributed by atoms with E-state index in [1.54, 1.807) is 0 Å². The van der Waals surface area contributed by atoms with Crippen LogP contribution in [0.25, 0.3) is 11.1 Å². The standard InChI is InChI=1S/C70H62Cl2N8O19/c1-73-64(89)58-41-25-38(82)26-47(85)53(41)40-19-30(3-6-45(40)83)54-66(91)79-59(69(94)78-58)60(86)32-5-9-49(43(72)20-32)98-52-23-34-22-51(61(52)87)97-48-8-2-27(15-42(48)71)16-44-63(88)75-56(67(92)77-57(34)68(93)76-54)33-17-37(81)24-39(18-33)96-50-21-31(4-7-46(50)84)55(65(90)74-44)80-70(95)99-62-35-11-28-10-29(13-35)14-36(62)12-28/h2-9,15,17-26,28-29,35-36,44,54-60,62,81-87H,10-14,16H2,1H3,(H,73,89)(H,74,90)(H,75,88)(H,76,93)(H,77,92)(H,78,94)(H,79,91)(H,80,95)/t28?,29?,35?,36?,44-,54-,55-,56+,57-,58+,59+,60-,62?/m1/s1. The Morgan fingerprint density at radius 2 is 1.10 bits per heavy atom. The fraction of sp³-hybridized carbons (Fsp3) is 0.286. The number of halogens is 2. The van der Waals surface area contributed by atoms with Gasteiger partial charge in [0.15, 0.2) is 23.0 Å². The van der Waals surface area contributed by atoms with Crippen molar-refractivity contribution in [2.24, 2.45) is 23.7 Å². The van der Waals surface area contributed by atoms with E-state index in [1.165, 1.54) is 67.7 Å². The SMILES string of the molecule is CNC(=O)[C@H]1NC(=O)[C@H]2NC(=O)[C@H](NC(=O)[C@@H]3NC(=O)[C@H]4NC(=O)[C@@H](Cc5ccc(c(Cl)c5)Oc5cc3cc(c5O)Oc3ccc(cc3Cl)[C@H]2O)NC(=O)[C@H](NC(=O)OC2C3CC5CC(C3)CC2C5)c2ccc(O)c(c2)Oc2cc(O)cc4c2)c2ccc(O)c(c2)-c2c(O)cc(O)cc21. The lowest BCUT2D eigenvalue weighted by atomic mass is 9.55. The monoisotopic (exact) mass is 1390 g/mol. The van der Waals surface area contributed by atoms with Gasteiger partial charge in [-0.1, -0.05) is 47.5 Å². The molecule has 7 aromatic rings. The first kappa shape index (κ1) is 65.1. The van der Waals surface area contributed by atoms with Crippen LogP contribution in [0.2, 0.25) is 10.0 Å². The summed E-state index contributed by atoms with van der Waals surface area (Å²) in [6.07, 6.45) is 0.903. The molecule has 4 aliphatic carbocycles. The largest absolute Gasteiger partial charge is 0.508 e. The van der Waals surface area contributed by atoms with Crippen molar-refractivity contribution >= 4 is 70.6 Å². The molecule has 0 spiro atoms. The van der Waals surface area contributed by atoms with Crippen LogP contribution < -0.4 is 56.7 Å². The van der Waals surface area contributed by atoms with Gasteiger partial charge in [0.2, 0.25) is 47.1 Å². The molecule has 0 radical (unpaired) electrons. The number of ether oxygens (including phenoxy) is 4. The molecule has 27 nitrogen and oxygen atoms in total. The van der Waals surface area contributed by atoms with Gasteiger partial charge in [-0.2, -0.15) is 0 Å². The lowest BCUT2D eigenvalue weighted by molar-refractivity contribution is -0.137. The third kappa shape index (κ3) is 12.6. The molecule has 510 valence electrons. The van der Waals surface area contributed by atoms with Gasteiger partial charge in [-0.15, -0.1) is 0 Å². The van der Waals surface area contributed by atoms with Crippen molar-refractivity contribution in [1.82, 2.24) is 42.5 Å². The zero-order valence-corrected chi connectivity index (χ0v) is 53.5. The average molecular weight is 1390 g/mol. The van der Waals surface area contributed by atoms with Crippen LogP contribution in [0.5, 0.6) is 69.0 Å². The highest BCUT2D eigenvalue weighted by Gasteiger charge is 2.51. The molecule has 7 aromatic carbocycles. The smallest absolute Gasteiger partial charge is 0.408 e. The number of phenolic OH excluding ortho intramolecular Hbond substituents is 6. The van der Waals surface area contributed by atoms with Crippen LogP contribution >= 0.6 is 23.2 Å². The van der Waals surface area contributed by atoms with Crippen molar-refractivity contribution in [1.29, 1.82) is 0 Å². The molecule has 99 heavy (non-hydrogen) atoms. The highest BCUT2D eigenvalue weighted by molar-refractivity contribution is 6.32. The van der Waals surface area contributed by atoms with E-state index in [4.69, 9.17) is 42.1 Å². The number of likely N-dealkylation sites (N-methyl/N-ethyl adjacent to an activating group) is 1. The number of hydrogen-bond acceptors (Lipinski definition) is 19. The van der Waals surface area contributed by atoms with E-state index in [0.717, 1.165) is 86.7 Å². The Bertz CT molecular complexity index is 4560. The fourth-order valence-corrected chi connectivity index (χ4v) is 15.3. The maximum absolute atomic E-state index is 16.0. The number of nitrogens with one attached hydrogen (secondary N) is 8. The number of fused-ring (bicyclic) bond motifs is 14. The first-order chi connectivity index (χ1) is 47.4. The summed E-state index contributed by atoms with van der Waals surface area (Å²) in [5.41, 5.74) is -1.65. The molecule has 0 aromatic heterocycles. The predicted octanol–water partition coefficient (Wildman–Crippen LogP) is 7.24. The average Bonchev–Trinajstić information content (AvgIpc) is 0.776. The molecular weight excluding hydrogens is 1330 g/mol. The second-order valence-electron chi connectivity index (χ2n) is 25.8. The molecule has 6 heterocycles. The number of rotatable bonds is 3. The van der Waals surface area contributed by atoms with E-state index in [0.29, 0.717) is 11.8 Å². The first-order valence-corrected chi connectivity index (χ1v) is 32.4. The number of alkyl carbamates (subject to hydrolysis) is 1. The van der Waals surface area contributed by atoms with Gasteiger partial charge in [-0.05, 0) is 174 Å². The lowest BCUT2D eigenvalue weighted by Crippen LogP contribution is -2.56. The normalized spacial score (nSPS) is 26.0. The minimum atomic E-state index is -2.19. The number of aliphatic hydroxyl groups excluding tert-OH is 1. The molecule has 17 rings (SSSR count). The van der Waals surface area contributed by atoms with Crippen molar-refractivity contribution in [3.05, 3.63) is 164 Å². The summed E-state index contributed by atoms with van der Waals surface area (Å²) in [4.78, 5) is 121. The summed E-state index contributed by atoms with van der Waals surface area (Å²) in [5.74, 6) is -12.6. The fourth-order valence-electron chi connectivity index (χ4n) is 14.9. The van der Waals surface area contributed by atoms with E-state index < -0.39 is 154 Å². The molecule has 6 aliphatic heterocycles. The van der Waals surface area contributed by atoms with Crippen LogP contribution in [0, 0.1) is 23.7 Å². The number of hydrogen-bond donors (Lipinski definition) is 15. The maximum Gasteiger partial charge on any atom is 0.408 e. The first-order valence-electron chi connectivity index (χ1n) is 31.6. The predicted molar refractivity (Wildman–Crippen MR) is 348 cm³/mol. The number of phenols is 6. The number of carbonyl (C=O) groups excluding carboxylic acids is 8. The van der Waals surface area contributed by atoms with Crippen LogP contribution in [0.4, 0.5) is 4.79 Å². The van der Waals surface area contributed by atoms with Crippen molar-refractivity contribution in [3.63, 3.8) is 0 Å². The minimum absolute atomic E-state index is 0.0492. The molecule has 10 aliphatic rings. The second kappa shape index (κ2) is 25.7. The highest BCUT2D eigenvalue weighted by Crippen LogP contribution is 2.55. The lowest BCUT2D eigenvalue weighted by Gasteiger charge is -2.53. The molecule has 8 amide bonds. The Hall–Kier alpha value is -11.2. The zero-order valence-electron chi connectivity index (χ0n) is 52.0. The molecule has 29 heteroatoms. The summed E-state index contributed by atoms with van der Waals surface area (Å²) in [6.45, 7) is 0. The third-order valence-electron chi connectivity index (χ3n) is 19.3. The van der Waals surface area contributed by atoms with Crippen LogP contribution in [0.15, 0.2) is 115 Å². The van der Waals surface area contributed by atoms with Gasteiger partial charge in [0.25, 0.3) is 0 Å². The Balaban J connectivity index is 0.919. The van der Waals surface area contributed by atoms with E-state index in [-0.39, 0.29) is 95.0 Å². The molecular formula is C70H62Cl2N8O19. The summed E-state index contributed by atoms with van der Waals surface area (Å²) in [6, 6.07) is 8.84. The number of benzene rings is 7. The summed E-state index contributed by atoms with van der Waals surface area (Å²) >= 11 is 13.9. The van der Waals surface area contributed by atoms with Crippen LogP contribution in [0.1, 0.15) is 107 Å². The second-order valence-corrected chi connectivity index (χ2v) is 26.6. The molecule has 21 bridgehead atoms. The van der Waals surface area contributed by atoms with Gasteiger partial charge < -0.3 is 97.2 Å². The molecule has 0 saturated heterocycles. The molecule has 4 fully saturated rings. The van der Waals surface area contributed by atoms with Crippen LogP contribution in [-0.2, 0) is 44.7 Å². The van der Waals surface area contributed by atoms with Crippen molar-refractivity contribution in [2.45, 2.75) is 93.0 Å². The van der Waals surface area contributed by atoms with Crippen LogP contribution in [0.3, 0.4) is 0 Å². The van der Waals surface area contributed by atoms with Crippen molar-refractivity contribution in [2.75, 3.05) is 7.05 Å². The number of aromatic hydroxyl groups is 6. The number of carbonyl (C=O) groups is 8. The number of amides is 8. The molecule has 8 atom stereocenters. The summed E-state index contributed by atoms with van der Waals surface area (Å²) in [5, 5.41) is 102. The van der Waals surface area contributed by atoms with Crippen LogP contribution in [-0.4, -0.2) is 108 Å². The highest BCUT2D eigenvalue weighted by atomic mass is 35.5. The molecule has 4 saturated carbocycles. The van der Waals surface area contributed by atoms with Gasteiger partial charge in [0.1, 0.15) is 94.7 Å².